The number of piperazine rings is 1. The molecule has 2 heterocycles. The number of hydrogen-bond acceptors (Lipinski definition) is 5. The van der Waals surface area contributed by atoms with Crippen LogP contribution in [-0.2, 0) is 16.0 Å². The lowest BCUT2D eigenvalue weighted by Crippen LogP contribution is -2.61. The molecule has 7 nitrogen and oxygen atoms in total. The van der Waals surface area contributed by atoms with Gasteiger partial charge in [-0.05, 0) is 55.0 Å². The Morgan fingerprint density at radius 3 is 2.49 bits per heavy atom. The number of carboxylic acids is 1. The summed E-state index contributed by atoms with van der Waals surface area (Å²) >= 11 is 0. The smallest absolute Gasteiger partial charge is 0.333 e. The molecule has 1 fully saturated rings. The molecule has 37 heavy (non-hydrogen) atoms. The Labute approximate surface area is 212 Å². The predicted molar refractivity (Wildman–Crippen MR) is 129 cm³/mol. The molecule has 198 valence electrons. The van der Waals surface area contributed by atoms with Crippen LogP contribution in [0.3, 0.4) is 0 Å². The molecule has 2 bridgehead atoms. The number of fused-ring (bicyclic) bond motifs is 2. The van der Waals surface area contributed by atoms with Gasteiger partial charge < -0.3 is 25.2 Å². The summed E-state index contributed by atoms with van der Waals surface area (Å²) in [7, 11) is 0. The second-order valence-corrected chi connectivity index (χ2v) is 9.49. The molecule has 2 aliphatic heterocycles. The fraction of sp³-hybridized carbons (Fsp3) is 0.407. The molecule has 2 aromatic carbocycles. The van der Waals surface area contributed by atoms with E-state index in [9.17, 15) is 33.0 Å². The van der Waals surface area contributed by atoms with E-state index < -0.39 is 41.3 Å². The molecule has 0 saturated carbocycles. The van der Waals surface area contributed by atoms with Crippen molar-refractivity contribution in [1.29, 1.82) is 0 Å². The first-order chi connectivity index (χ1) is 17.6. The lowest BCUT2D eigenvalue weighted by atomic mass is 9.83. The fourth-order valence-corrected chi connectivity index (χ4v) is 4.92. The van der Waals surface area contributed by atoms with Crippen LogP contribution < -0.4 is 10.1 Å². The van der Waals surface area contributed by atoms with Crippen LogP contribution in [0.4, 0.5) is 13.2 Å². The van der Waals surface area contributed by atoms with Crippen molar-refractivity contribution in [2.75, 3.05) is 19.7 Å². The fourth-order valence-electron chi connectivity index (χ4n) is 4.92. The van der Waals surface area contributed by atoms with E-state index in [1.54, 1.807) is 11.8 Å². The van der Waals surface area contributed by atoms with Crippen LogP contribution in [0.2, 0.25) is 0 Å². The van der Waals surface area contributed by atoms with Crippen molar-refractivity contribution in [3.63, 3.8) is 0 Å². The van der Waals surface area contributed by atoms with Crippen molar-refractivity contribution in [2.45, 2.75) is 50.8 Å². The number of aliphatic hydroxyl groups excluding tert-OH is 1. The van der Waals surface area contributed by atoms with Gasteiger partial charge in [0.2, 0.25) is 11.7 Å². The van der Waals surface area contributed by atoms with Crippen LogP contribution in [0.15, 0.2) is 42.0 Å². The Morgan fingerprint density at radius 2 is 1.81 bits per heavy atom. The van der Waals surface area contributed by atoms with E-state index >= 15 is 0 Å². The van der Waals surface area contributed by atoms with Crippen LogP contribution in [0.25, 0.3) is 5.57 Å². The normalized spacial score (nSPS) is 20.1. The Morgan fingerprint density at radius 1 is 1.11 bits per heavy atom. The van der Waals surface area contributed by atoms with E-state index in [0.717, 1.165) is 22.8 Å². The summed E-state index contributed by atoms with van der Waals surface area (Å²) in [6.45, 7) is 2.19. The molecule has 0 unspecified atom stereocenters. The van der Waals surface area contributed by atoms with Gasteiger partial charge in [0.15, 0.2) is 17.4 Å². The van der Waals surface area contributed by atoms with E-state index in [-0.39, 0.29) is 37.1 Å². The van der Waals surface area contributed by atoms with Gasteiger partial charge in [0.1, 0.15) is 0 Å². The largest absolute Gasteiger partial charge is 0.488 e. The zero-order chi connectivity index (χ0) is 26.7. The summed E-state index contributed by atoms with van der Waals surface area (Å²) in [5.74, 6) is -5.47. The van der Waals surface area contributed by atoms with Crippen LogP contribution in [-0.4, -0.2) is 64.9 Å². The maximum Gasteiger partial charge on any atom is 0.333 e. The average Bonchev–Trinajstić information content (AvgIpc) is 2.85. The third-order valence-corrected chi connectivity index (χ3v) is 6.62. The lowest BCUT2D eigenvalue weighted by Gasteiger charge is -2.43. The standard InChI is InChI=1S/C27H29F3N2O5/c1-15(33)11-23(34)32-13-18-12-19(24(27(35)36)22(14-32)31-18)17-6-4-16(5-7-17)3-2-10-37-26-21(29)9-8-20(28)25(26)30/h4-9,15,18,22,31,33H,2-3,10-14H2,1H3,(H,35,36)/t15-,18-,22-/m1/s1. The molecule has 2 aromatic rings. The molecule has 3 atom stereocenters. The van der Waals surface area contributed by atoms with Gasteiger partial charge in [0.25, 0.3) is 0 Å². The van der Waals surface area contributed by atoms with Gasteiger partial charge in [-0.15, -0.1) is 0 Å². The zero-order valence-electron chi connectivity index (χ0n) is 20.3. The summed E-state index contributed by atoms with van der Waals surface area (Å²) < 4.78 is 45.8. The summed E-state index contributed by atoms with van der Waals surface area (Å²) in [6.07, 6.45) is 0.644. The molecule has 3 N–H and O–H groups in total. The van der Waals surface area contributed by atoms with Gasteiger partial charge in [-0.3, -0.25) is 4.79 Å². The summed E-state index contributed by atoms with van der Waals surface area (Å²) in [6, 6.07) is 8.31. The minimum absolute atomic E-state index is 0.00294. The maximum absolute atomic E-state index is 13.7. The first-order valence-electron chi connectivity index (χ1n) is 12.2. The number of hydrogen-bond donors (Lipinski definition) is 3. The van der Waals surface area contributed by atoms with Crippen LogP contribution in [0.1, 0.15) is 37.3 Å². The van der Waals surface area contributed by atoms with Gasteiger partial charge in [-0.1, -0.05) is 24.3 Å². The quantitative estimate of drug-likeness (QED) is 0.348. The zero-order valence-corrected chi connectivity index (χ0v) is 20.3. The highest BCUT2D eigenvalue weighted by atomic mass is 19.2. The average molecular weight is 519 g/mol. The Kier molecular flexibility index (Phi) is 8.19. The number of halogens is 3. The number of rotatable bonds is 9. The molecule has 1 saturated heterocycles. The molecular weight excluding hydrogens is 489 g/mol. The molecule has 4 rings (SSSR count). The second kappa shape index (κ2) is 11.4. The first kappa shape index (κ1) is 26.7. The van der Waals surface area contributed by atoms with Crippen molar-refractivity contribution in [3.05, 3.63) is 70.5 Å². The van der Waals surface area contributed by atoms with Crippen molar-refractivity contribution in [3.8, 4) is 5.75 Å². The number of carbonyl (C=O) groups excluding carboxylic acids is 1. The molecule has 0 aliphatic carbocycles. The number of ether oxygens (including phenoxy) is 1. The Balaban J connectivity index is 1.41. The summed E-state index contributed by atoms with van der Waals surface area (Å²) in [5.41, 5.74) is 2.65. The van der Waals surface area contributed by atoms with E-state index in [0.29, 0.717) is 31.9 Å². The van der Waals surface area contributed by atoms with E-state index in [2.05, 4.69) is 5.32 Å². The lowest BCUT2D eigenvalue weighted by molar-refractivity contribution is -0.137. The number of nitrogens with one attached hydrogen (secondary N) is 1. The molecule has 2 aliphatic rings. The third-order valence-electron chi connectivity index (χ3n) is 6.62. The highest BCUT2D eigenvalue weighted by Crippen LogP contribution is 2.33. The molecular formula is C27H29F3N2O5. The minimum Gasteiger partial charge on any atom is -0.488 e. The summed E-state index contributed by atoms with van der Waals surface area (Å²) in [5, 5.41) is 22.8. The van der Waals surface area contributed by atoms with Gasteiger partial charge in [0, 0.05) is 19.1 Å². The monoisotopic (exact) mass is 518 g/mol. The highest BCUT2D eigenvalue weighted by molar-refractivity contribution is 5.98. The molecule has 0 aromatic heterocycles. The van der Waals surface area contributed by atoms with E-state index in [4.69, 9.17) is 4.74 Å². The number of amides is 1. The maximum atomic E-state index is 13.7. The number of benzene rings is 2. The molecule has 10 heteroatoms. The second-order valence-electron chi connectivity index (χ2n) is 9.49. The van der Waals surface area contributed by atoms with Crippen LogP contribution >= 0.6 is 0 Å². The minimum atomic E-state index is -1.35. The van der Waals surface area contributed by atoms with E-state index in [1.165, 1.54) is 0 Å². The molecule has 1 amide bonds. The summed E-state index contributed by atoms with van der Waals surface area (Å²) in [4.78, 5) is 26.3. The number of aryl methyl sites for hydroxylation is 1. The van der Waals surface area contributed by atoms with Gasteiger partial charge in [0.05, 0.1) is 30.7 Å². The highest BCUT2D eigenvalue weighted by Gasteiger charge is 2.39. The Hall–Kier alpha value is -3.37. The first-order valence-corrected chi connectivity index (χ1v) is 12.2. The van der Waals surface area contributed by atoms with Gasteiger partial charge in [-0.2, -0.15) is 4.39 Å². The van der Waals surface area contributed by atoms with Crippen LogP contribution in [0, 0.1) is 17.5 Å². The number of aliphatic carboxylic acids is 1. The van der Waals surface area contributed by atoms with Crippen LogP contribution in [0.5, 0.6) is 5.75 Å². The topological polar surface area (TPSA) is 99.1 Å². The SMILES string of the molecule is C[C@@H](O)CC(=O)N1C[C@H]2CC(c3ccc(CCCOc4c(F)ccc(F)c4F)cc3)=C(C(=O)O)[C@@H](C1)N2. The van der Waals surface area contributed by atoms with Gasteiger partial charge >= 0.3 is 5.97 Å². The number of carbonyl (C=O) groups is 2. The third kappa shape index (κ3) is 6.14. The number of carboxylic acid groups (broad SMARTS) is 1. The molecule has 0 spiro atoms. The Bertz CT molecular complexity index is 1200. The molecule has 0 radical (unpaired) electrons. The van der Waals surface area contributed by atoms with Crippen molar-refractivity contribution in [2.24, 2.45) is 0 Å². The van der Waals surface area contributed by atoms with E-state index in [1.807, 2.05) is 24.3 Å². The van der Waals surface area contributed by atoms with Crippen molar-refractivity contribution in [1.82, 2.24) is 10.2 Å². The van der Waals surface area contributed by atoms with Crippen molar-refractivity contribution >= 4 is 17.4 Å². The van der Waals surface area contributed by atoms with Crippen molar-refractivity contribution < 1.29 is 37.7 Å². The number of nitrogens with zero attached hydrogens (tertiary/aromatic N) is 1. The number of aliphatic hydroxyl groups is 1. The predicted octanol–water partition coefficient (Wildman–Crippen LogP) is 3.30. The van der Waals surface area contributed by atoms with Gasteiger partial charge in [-0.25, -0.2) is 13.6 Å².